The smallest absolute Gasteiger partial charge is 0.0522 e. The molecule has 0 amide bonds. The fraction of sp³-hybridized carbons (Fsp3) is 0.722. The van der Waals surface area contributed by atoms with Crippen LogP contribution in [0, 0.1) is 6.92 Å². The van der Waals surface area contributed by atoms with Crippen LogP contribution < -0.4 is 5.32 Å². The SMILES string of the molecule is CCNC(c1ccc(C)nc1)C(CC)(CC)N1CCCC1. The van der Waals surface area contributed by atoms with Crippen molar-refractivity contribution in [1.29, 1.82) is 0 Å². The highest BCUT2D eigenvalue weighted by molar-refractivity contribution is 5.22. The third-order valence-electron chi connectivity index (χ3n) is 5.17. The van der Waals surface area contributed by atoms with Gasteiger partial charge in [-0.15, -0.1) is 0 Å². The van der Waals surface area contributed by atoms with E-state index in [0.717, 1.165) is 12.2 Å². The predicted octanol–water partition coefficient (Wildman–Crippen LogP) is 3.70. The second-order valence-electron chi connectivity index (χ2n) is 6.23. The molecule has 1 aromatic heterocycles. The zero-order valence-electron chi connectivity index (χ0n) is 14.2. The summed E-state index contributed by atoms with van der Waals surface area (Å²) in [6, 6.07) is 4.76. The zero-order valence-corrected chi connectivity index (χ0v) is 14.2. The first-order chi connectivity index (χ1) is 10.2. The predicted molar refractivity (Wildman–Crippen MR) is 89.5 cm³/mol. The van der Waals surface area contributed by atoms with E-state index in [1.165, 1.54) is 44.3 Å². The van der Waals surface area contributed by atoms with Crippen LogP contribution in [0.25, 0.3) is 0 Å². The van der Waals surface area contributed by atoms with Crippen molar-refractivity contribution >= 4 is 0 Å². The summed E-state index contributed by atoms with van der Waals surface area (Å²) in [5.41, 5.74) is 2.63. The highest BCUT2D eigenvalue weighted by atomic mass is 15.2. The number of rotatable bonds is 7. The van der Waals surface area contributed by atoms with Crippen LogP contribution in [0.1, 0.15) is 63.8 Å². The van der Waals surface area contributed by atoms with Crippen molar-refractivity contribution in [1.82, 2.24) is 15.2 Å². The van der Waals surface area contributed by atoms with Gasteiger partial charge in [-0.3, -0.25) is 9.88 Å². The number of nitrogens with zero attached hydrogens (tertiary/aromatic N) is 2. The number of likely N-dealkylation sites (N-methyl/N-ethyl adjacent to an activating group) is 1. The Kier molecular flexibility index (Phi) is 5.77. The van der Waals surface area contributed by atoms with Gasteiger partial charge in [-0.1, -0.05) is 26.8 Å². The molecule has 1 fully saturated rings. The summed E-state index contributed by atoms with van der Waals surface area (Å²) in [6.45, 7) is 12.4. The Hall–Kier alpha value is -0.930. The van der Waals surface area contributed by atoms with Gasteiger partial charge in [0.1, 0.15) is 0 Å². The molecule has 2 heterocycles. The molecule has 2 rings (SSSR count). The minimum absolute atomic E-state index is 0.212. The number of pyridine rings is 1. The van der Waals surface area contributed by atoms with Gasteiger partial charge >= 0.3 is 0 Å². The molecule has 1 atom stereocenters. The summed E-state index contributed by atoms with van der Waals surface area (Å²) in [5.74, 6) is 0. The van der Waals surface area contributed by atoms with Gasteiger partial charge in [0.05, 0.1) is 6.04 Å². The summed E-state index contributed by atoms with van der Waals surface area (Å²) in [7, 11) is 0. The van der Waals surface area contributed by atoms with Gasteiger partial charge < -0.3 is 5.32 Å². The number of hydrogen-bond acceptors (Lipinski definition) is 3. The minimum Gasteiger partial charge on any atom is -0.309 e. The molecule has 0 aliphatic carbocycles. The molecule has 1 unspecified atom stereocenters. The minimum atomic E-state index is 0.212. The molecule has 1 aliphatic heterocycles. The third-order valence-corrected chi connectivity index (χ3v) is 5.17. The average molecular weight is 289 g/mol. The molecule has 1 N–H and O–H groups in total. The lowest BCUT2D eigenvalue weighted by Crippen LogP contribution is -2.55. The lowest BCUT2D eigenvalue weighted by atomic mass is 9.79. The highest BCUT2D eigenvalue weighted by Crippen LogP contribution is 2.39. The molecule has 1 aliphatic rings. The molecule has 3 nitrogen and oxygen atoms in total. The van der Waals surface area contributed by atoms with Crippen LogP contribution in [-0.2, 0) is 0 Å². The second-order valence-corrected chi connectivity index (χ2v) is 6.23. The maximum absolute atomic E-state index is 4.53. The van der Waals surface area contributed by atoms with Crippen molar-refractivity contribution in [2.24, 2.45) is 0 Å². The Morgan fingerprint density at radius 3 is 2.33 bits per heavy atom. The summed E-state index contributed by atoms with van der Waals surface area (Å²) in [5, 5.41) is 3.76. The number of aromatic nitrogens is 1. The molecule has 21 heavy (non-hydrogen) atoms. The number of likely N-dealkylation sites (tertiary alicyclic amines) is 1. The molecule has 0 aromatic carbocycles. The van der Waals surface area contributed by atoms with Gasteiger partial charge in [-0.25, -0.2) is 0 Å². The molecule has 0 saturated carbocycles. The number of nitrogens with one attached hydrogen (secondary N) is 1. The quantitative estimate of drug-likeness (QED) is 0.829. The van der Waals surface area contributed by atoms with Crippen LogP contribution in [0.4, 0.5) is 0 Å². The maximum atomic E-state index is 4.53. The van der Waals surface area contributed by atoms with Crippen molar-refractivity contribution in [3.63, 3.8) is 0 Å². The first-order valence-corrected chi connectivity index (χ1v) is 8.59. The zero-order chi connectivity index (χ0) is 15.3. The van der Waals surface area contributed by atoms with Gasteiger partial charge in [0.15, 0.2) is 0 Å². The Bertz CT molecular complexity index is 417. The van der Waals surface area contributed by atoms with E-state index in [9.17, 15) is 0 Å². The molecular formula is C18H31N3. The van der Waals surface area contributed by atoms with Crippen molar-refractivity contribution < 1.29 is 0 Å². The Balaban J connectivity index is 2.37. The Morgan fingerprint density at radius 1 is 1.19 bits per heavy atom. The van der Waals surface area contributed by atoms with Crippen molar-refractivity contribution in [2.45, 2.75) is 65.0 Å². The van der Waals surface area contributed by atoms with Gasteiger partial charge in [-0.2, -0.15) is 0 Å². The van der Waals surface area contributed by atoms with Crippen LogP contribution in [0.2, 0.25) is 0 Å². The monoisotopic (exact) mass is 289 g/mol. The van der Waals surface area contributed by atoms with Crippen molar-refractivity contribution in [2.75, 3.05) is 19.6 Å². The topological polar surface area (TPSA) is 28.2 Å². The van der Waals surface area contributed by atoms with Crippen LogP contribution in [0.15, 0.2) is 18.3 Å². The molecular weight excluding hydrogens is 258 g/mol. The fourth-order valence-corrected chi connectivity index (χ4v) is 3.92. The van der Waals surface area contributed by atoms with Crippen LogP contribution >= 0.6 is 0 Å². The van der Waals surface area contributed by atoms with Gasteiger partial charge in [0, 0.05) is 17.4 Å². The molecule has 0 radical (unpaired) electrons. The first-order valence-electron chi connectivity index (χ1n) is 8.59. The van der Waals surface area contributed by atoms with Crippen molar-refractivity contribution in [3.05, 3.63) is 29.6 Å². The summed E-state index contributed by atoms with van der Waals surface area (Å²) in [4.78, 5) is 7.25. The van der Waals surface area contributed by atoms with E-state index in [4.69, 9.17) is 0 Å². The lowest BCUT2D eigenvalue weighted by molar-refractivity contribution is 0.0621. The first kappa shape index (κ1) is 16.4. The van der Waals surface area contributed by atoms with Crippen molar-refractivity contribution in [3.8, 4) is 0 Å². The van der Waals surface area contributed by atoms with Crippen LogP contribution in [0.5, 0.6) is 0 Å². The Morgan fingerprint density at radius 2 is 1.86 bits per heavy atom. The highest BCUT2D eigenvalue weighted by Gasteiger charge is 2.42. The average Bonchev–Trinajstić information content (AvgIpc) is 3.04. The standard InChI is InChI=1S/C18H31N3/c1-5-18(6-2,21-12-8-9-13-21)17(19-7-3)16-11-10-15(4)20-14-16/h10-11,14,17,19H,5-9,12-13H2,1-4H3. The van der Waals surface area contributed by atoms with Gasteiger partial charge in [-0.05, 0) is 63.9 Å². The van der Waals surface area contributed by atoms with Gasteiger partial charge in [0.2, 0.25) is 0 Å². The molecule has 118 valence electrons. The van der Waals surface area contributed by atoms with E-state index in [-0.39, 0.29) is 5.54 Å². The van der Waals surface area contributed by atoms with Gasteiger partial charge in [0.25, 0.3) is 0 Å². The Labute approximate surface area is 130 Å². The summed E-state index contributed by atoms with van der Waals surface area (Å²) in [6.07, 6.45) is 7.10. The van der Waals surface area contributed by atoms with E-state index in [2.05, 4.69) is 61.2 Å². The number of aryl methyl sites for hydroxylation is 1. The van der Waals surface area contributed by atoms with E-state index in [1.54, 1.807) is 0 Å². The van der Waals surface area contributed by atoms with E-state index < -0.39 is 0 Å². The molecule has 0 bridgehead atoms. The second kappa shape index (κ2) is 7.37. The molecule has 1 saturated heterocycles. The van der Waals surface area contributed by atoms with Crippen LogP contribution in [-0.4, -0.2) is 35.1 Å². The third kappa shape index (κ3) is 3.29. The largest absolute Gasteiger partial charge is 0.309 e. The summed E-state index contributed by atoms with van der Waals surface area (Å²) >= 11 is 0. The lowest BCUT2D eigenvalue weighted by Gasteiger charge is -2.47. The normalized spacial score (nSPS) is 18.1. The summed E-state index contributed by atoms with van der Waals surface area (Å²) < 4.78 is 0. The van der Waals surface area contributed by atoms with E-state index >= 15 is 0 Å². The van der Waals surface area contributed by atoms with E-state index in [0.29, 0.717) is 6.04 Å². The number of hydrogen-bond donors (Lipinski definition) is 1. The molecule has 1 aromatic rings. The molecule has 3 heteroatoms. The van der Waals surface area contributed by atoms with Crippen LogP contribution in [0.3, 0.4) is 0 Å². The maximum Gasteiger partial charge on any atom is 0.0522 e. The fourth-order valence-electron chi connectivity index (χ4n) is 3.92. The van der Waals surface area contributed by atoms with E-state index in [1.807, 2.05) is 0 Å². The molecule has 0 spiro atoms.